The van der Waals surface area contributed by atoms with E-state index >= 15 is 0 Å². The van der Waals surface area contributed by atoms with Crippen molar-refractivity contribution in [1.82, 2.24) is 5.32 Å². The number of hydrogen-bond donors (Lipinski definition) is 2. The molecule has 4 aromatic carbocycles. The fraction of sp³-hybridized carbons (Fsp3) is 0.250. The number of benzene rings is 4. The molecule has 37 heavy (non-hydrogen) atoms. The van der Waals surface area contributed by atoms with Gasteiger partial charge >= 0.3 is 5.97 Å². The summed E-state index contributed by atoms with van der Waals surface area (Å²) in [6, 6.07) is 27.2. The topological polar surface area (TPSA) is 66.4 Å². The van der Waals surface area contributed by atoms with E-state index in [2.05, 4.69) is 43.4 Å². The molecular formula is C32H32FNO3. The lowest BCUT2D eigenvalue weighted by Crippen LogP contribution is -2.26. The Morgan fingerprint density at radius 1 is 0.865 bits per heavy atom. The minimum atomic E-state index is -0.950. The van der Waals surface area contributed by atoms with Gasteiger partial charge in [-0.2, -0.15) is 0 Å². The third-order valence-electron chi connectivity index (χ3n) is 6.90. The molecule has 0 aliphatic carbocycles. The Labute approximate surface area is 217 Å². The zero-order chi connectivity index (χ0) is 26.4. The summed E-state index contributed by atoms with van der Waals surface area (Å²) >= 11 is 0. The number of carboxylic acid groups (broad SMARTS) is 1. The number of fused-ring (bicyclic) bond motifs is 1. The molecule has 0 fully saturated rings. The van der Waals surface area contributed by atoms with Gasteiger partial charge in [0.2, 0.25) is 0 Å². The van der Waals surface area contributed by atoms with Crippen molar-refractivity contribution >= 4 is 22.6 Å². The minimum Gasteiger partial charge on any atom is -0.481 e. The average Bonchev–Trinajstić information content (AvgIpc) is 2.90. The van der Waals surface area contributed by atoms with E-state index < -0.39 is 5.97 Å². The van der Waals surface area contributed by atoms with Crippen molar-refractivity contribution in [3.63, 3.8) is 0 Å². The van der Waals surface area contributed by atoms with Crippen molar-refractivity contribution < 1.29 is 19.1 Å². The second-order valence-electron chi connectivity index (χ2n) is 9.49. The van der Waals surface area contributed by atoms with Crippen LogP contribution in [0.4, 0.5) is 4.39 Å². The van der Waals surface area contributed by atoms with Gasteiger partial charge in [-0.15, -0.1) is 0 Å². The number of halogens is 1. The molecule has 4 aromatic rings. The number of carboxylic acids is 1. The first-order valence-corrected chi connectivity index (χ1v) is 12.7. The molecule has 0 aliphatic heterocycles. The molecule has 0 spiro atoms. The van der Waals surface area contributed by atoms with Gasteiger partial charge in [0, 0.05) is 23.4 Å². The summed E-state index contributed by atoms with van der Waals surface area (Å²) in [4.78, 5) is 23.2. The second kappa shape index (κ2) is 11.8. The largest absolute Gasteiger partial charge is 0.481 e. The van der Waals surface area contributed by atoms with Crippen LogP contribution in [0.5, 0.6) is 0 Å². The quantitative estimate of drug-likeness (QED) is 0.243. The van der Waals surface area contributed by atoms with E-state index in [1.165, 1.54) is 5.56 Å². The molecule has 5 heteroatoms. The van der Waals surface area contributed by atoms with Crippen LogP contribution in [-0.2, 0) is 4.79 Å². The highest BCUT2D eigenvalue weighted by molar-refractivity contribution is 5.94. The van der Waals surface area contributed by atoms with Crippen LogP contribution < -0.4 is 5.32 Å². The molecule has 0 aromatic heterocycles. The summed E-state index contributed by atoms with van der Waals surface area (Å²) in [7, 11) is 0. The normalized spacial score (nSPS) is 12.7. The van der Waals surface area contributed by atoms with Crippen molar-refractivity contribution in [2.45, 2.75) is 44.9 Å². The van der Waals surface area contributed by atoms with Gasteiger partial charge in [-0.3, -0.25) is 9.59 Å². The Balaban J connectivity index is 1.77. The SMILES string of the molecule is CCCC(c1ccc(C(=O)NCCC(=O)O)cc1)C(c1ccc(C)cc1)c1ccc(F)c2ccccc12. The minimum absolute atomic E-state index is 0.0127. The summed E-state index contributed by atoms with van der Waals surface area (Å²) in [6.45, 7) is 4.31. The Hall–Kier alpha value is -3.99. The van der Waals surface area contributed by atoms with Gasteiger partial charge in [-0.25, -0.2) is 4.39 Å². The third kappa shape index (κ3) is 6.05. The number of carbonyl (C=O) groups is 2. The maximum Gasteiger partial charge on any atom is 0.305 e. The van der Waals surface area contributed by atoms with Gasteiger partial charge in [0.15, 0.2) is 0 Å². The monoisotopic (exact) mass is 497 g/mol. The smallest absolute Gasteiger partial charge is 0.305 e. The highest BCUT2D eigenvalue weighted by Gasteiger charge is 2.28. The van der Waals surface area contributed by atoms with Crippen LogP contribution in [0.25, 0.3) is 10.8 Å². The predicted molar refractivity (Wildman–Crippen MR) is 146 cm³/mol. The molecule has 0 saturated heterocycles. The first kappa shape index (κ1) is 26.1. The fourth-order valence-corrected chi connectivity index (χ4v) is 5.06. The van der Waals surface area contributed by atoms with Crippen molar-refractivity contribution in [2.75, 3.05) is 6.54 Å². The van der Waals surface area contributed by atoms with Crippen molar-refractivity contribution in [3.8, 4) is 0 Å². The highest BCUT2D eigenvalue weighted by atomic mass is 19.1. The predicted octanol–water partition coefficient (Wildman–Crippen LogP) is 7.21. The molecule has 0 heterocycles. The zero-order valence-corrected chi connectivity index (χ0v) is 21.2. The standard InChI is InChI=1S/C32H32FNO3/c1-3-6-25(22-13-15-24(16-14-22)32(37)34-20-19-30(35)36)31(23-11-9-21(2)10-12-23)28-17-18-29(33)27-8-5-4-7-26(27)28/h4-5,7-18,25,31H,3,6,19-20H2,1-2H3,(H,34,37)(H,35,36). The molecule has 4 nitrogen and oxygen atoms in total. The summed E-state index contributed by atoms with van der Waals surface area (Å²) in [5, 5.41) is 13.0. The maximum absolute atomic E-state index is 14.7. The van der Waals surface area contributed by atoms with E-state index in [9.17, 15) is 14.0 Å². The Bertz CT molecular complexity index is 1380. The second-order valence-corrected chi connectivity index (χ2v) is 9.49. The van der Waals surface area contributed by atoms with Gasteiger partial charge in [0.25, 0.3) is 5.91 Å². The van der Waals surface area contributed by atoms with Gasteiger partial charge in [-0.1, -0.05) is 85.6 Å². The Kier molecular flexibility index (Phi) is 8.34. The number of carbonyl (C=O) groups excluding carboxylic acids is 1. The average molecular weight is 498 g/mol. The zero-order valence-electron chi connectivity index (χ0n) is 21.2. The van der Waals surface area contributed by atoms with E-state index in [0.717, 1.165) is 34.9 Å². The highest BCUT2D eigenvalue weighted by Crippen LogP contribution is 2.44. The number of aryl methyl sites for hydroxylation is 1. The summed E-state index contributed by atoms with van der Waals surface area (Å²) in [6.07, 6.45) is 1.75. The molecule has 2 N–H and O–H groups in total. The molecule has 4 rings (SSSR count). The number of hydrogen-bond acceptors (Lipinski definition) is 2. The van der Waals surface area contributed by atoms with Crippen LogP contribution in [0.2, 0.25) is 0 Å². The lowest BCUT2D eigenvalue weighted by molar-refractivity contribution is -0.136. The Morgan fingerprint density at radius 3 is 2.16 bits per heavy atom. The fourth-order valence-electron chi connectivity index (χ4n) is 5.06. The number of nitrogens with one attached hydrogen (secondary N) is 1. The molecule has 0 saturated carbocycles. The Morgan fingerprint density at radius 2 is 1.51 bits per heavy atom. The van der Waals surface area contributed by atoms with E-state index in [1.54, 1.807) is 18.2 Å². The number of amides is 1. The van der Waals surface area contributed by atoms with E-state index in [0.29, 0.717) is 10.9 Å². The lowest BCUT2D eigenvalue weighted by atomic mass is 9.73. The van der Waals surface area contributed by atoms with Crippen LogP contribution >= 0.6 is 0 Å². The van der Waals surface area contributed by atoms with Gasteiger partial charge in [-0.05, 0) is 59.5 Å². The summed E-state index contributed by atoms with van der Waals surface area (Å²) in [5.41, 5.74) is 5.01. The van der Waals surface area contributed by atoms with Gasteiger partial charge < -0.3 is 10.4 Å². The molecule has 2 unspecified atom stereocenters. The molecule has 2 atom stereocenters. The third-order valence-corrected chi connectivity index (χ3v) is 6.90. The molecule has 0 aliphatic rings. The van der Waals surface area contributed by atoms with E-state index in [4.69, 9.17) is 5.11 Å². The molecule has 0 bridgehead atoms. The van der Waals surface area contributed by atoms with Gasteiger partial charge in [0.05, 0.1) is 6.42 Å². The molecule has 190 valence electrons. The van der Waals surface area contributed by atoms with Crippen molar-refractivity contribution in [3.05, 3.63) is 119 Å². The summed E-state index contributed by atoms with van der Waals surface area (Å²) < 4.78 is 14.7. The van der Waals surface area contributed by atoms with Crippen LogP contribution in [0.1, 0.15) is 70.6 Å². The molecule has 0 radical (unpaired) electrons. The van der Waals surface area contributed by atoms with Gasteiger partial charge in [0.1, 0.15) is 5.82 Å². The molecular weight excluding hydrogens is 465 g/mol. The van der Waals surface area contributed by atoms with Crippen LogP contribution in [0.3, 0.4) is 0 Å². The molecule has 1 amide bonds. The maximum atomic E-state index is 14.7. The van der Waals surface area contributed by atoms with Crippen molar-refractivity contribution in [2.24, 2.45) is 0 Å². The van der Waals surface area contributed by atoms with E-state index in [-0.39, 0.29) is 36.5 Å². The lowest BCUT2D eigenvalue weighted by Gasteiger charge is -2.30. The van der Waals surface area contributed by atoms with E-state index in [1.807, 2.05) is 42.5 Å². The number of rotatable bonds is 10. The first-order valence-electron chi connectivity index (χ1n) is 12.7. The van der Waals surface area contributed by atoms with Crippen LogP contribution in [-0.4, -0.2) is 23.5 Å². The van der Waals surface area contributed by atoms with Crippen LogP contribution in [0, 0.1) is 12.7 Å². The summed E-state index contributed by atoms with van der Waals surface area (Å²) in [5.74, 6) is -1.38. The van der Waals surface area contributed by atoms with Crippen LogP contribution in [0.15, 0.2) is 84.9 Å². The van der Waals surface area contributed by atoms with Crippen molar-refractivity contribution in [1.29, 1.82) is 0 Å². The number of aliphatic carboxylic acids is 1. The first-order chi connectivity index (χ1) is 17.9.